The van der Waals surface area contributed by atoms with Crippen LogP contribution in [0.1, 0.15) is 48.9 Å². The van der Waals surface area contributed by atoms with Gasteiger partial charge in [0, 0.05) is 38.7 Å². The average Bonchev–Trinajstić information content (AvgIpc) is 3.23. The van der Waals surface area contributed by atoms with Gasteiger partial charge in [-0.2, -0.15) is 0 Å². The maximum Gasteiger partial charge on any atom is 0.255 e. The van der Waals surface area contributed by atoms with E-state index in [-0.39, 0.29) is 30.0 Å². The zero-order chi connectivity index (χ0) is 22.7. The van der Waals surface area contributed by atoms with Crippen LogP contribution in [0.15, 0.2) is 25.0 Å². The molecule has 1 unspecified atom stereocenters. The molecule has 1 aliphatic carbocycles. The van der Waals surface area contributed by atoms with Gasteiger partial charge < -0.3 is 25.0 Å². The minimum Gasteiger partial charge on any atom is -0.473 e. The molecule has 0 radical (unpaired) electrons. The molecule has 1 saturated carbocycles. The third kappa shape index (κ3) is 4.59. The van der Waals surface area contributed by atoms with Gasteiger partial charge in [-0.15, -0.1) is 0 Å². The number of hydrogen-bond acceptors (Lipinski definition) is 6. The van der Waals surface area contributed by atoms with Gasteiger partial charge in [0.1, 0.15) is 23.4 Å². The largest absolute Gasteiger partial charge is 0.473 e. The van der Waals surface area contributed by atoms with E-state index >= 15 is 0 Å². The number of carbonyl (C=O) groups is 2. The number of alkyl halides is 1. The maximum absolute atomic E-state index is 14.2. The van der Waals surface area contributed by atoms with Crippen molar-refractivity contribution in [3.8, 4) is 5.88 Å². The molecule has 0 bridgehead atoms. The summed E-state index contributed by atoms with van der Waals surface area (Å²) in [6.07, 6.45) is 6.20. The monoisotopic (exact) mass is 445 g/mol. The number of likely N-dealkylation sites (tertiary alicyclic amines) is 1. The Kier molecular flexibility index (Phi) is 6.40. The van der Waals surface area contributed by atoms with Crippen LogP contribution in [0.3, 0.4) is 0 Å². The molecule has 1 aliphatic heterocycles. The Balaban J connectivity index is 1.41. The zero-order valence-corrected chi connectivity index (χ0v) is 17.8. The van der Waals surface area contributed by atoms with Crippen molar-refractivity contribution in [1.29, 1.82) is 0 Å². The Morgan fingerprint density at radius 3 is 2.88 bits per heavy atom. The predicted octanol–water partition coefficient (Wildman–Crippen LogP) is 1.89. The lowest BCUT2D eigenvalue weighted by atomic mass is 9.83. The van der Waals surface area contributed by atoms with E-state index in [1.165, 1.54) is 18.5 Å². The summed E-state index contributed by atoms with van der Waals surface area (Å²) < 4.78 is 20.1. The van der Waals surface area contributed by atoms with Crippen molar-refractivity contribution in [2.45, 2.75) is 56.4 Å². The molecule has 32 heavy (non-hydrogen) atoms. The van der Waals surface area contributed by atoms with Gasteiger partial charge in [-0.05, 0) is 18.9 Å². The van der Waals surface area contributed by atoms with Gasteiger partial charge in [0.25, 0.3) is 5.91 Å². The summed E-state index contributed by atoms with van der Waals surface area (Å²) in [4.78, 5) is 37.8. The summed E-state index contributed by atoms with van der Waals surface area (Å²) >= 11 is 0. The maximum atomic E-state index is 14.2. The van der Waals surface area contributed by atoms with Crippen LogP contribution in [0.5, 0.6) is 5.88 Å². The molecule has 4 rings (SSSR count). The highest BCUT2D eigenvalue weighted by molar-refractivity contribution is 6.04. The van der Waals surface area contributed by atoms with Crippen LogP contribution in [0.25, 0.3) is 11.2 Å². The lowest BCUT2D eigenvalue weighted by molar-refractivity contribution is -0.127. The standard InChI is InChI=1S/C22H28FN5O4/c1-2-18(29)28-9-6-14(7-10-28)32-17-12-25-20-19(27-17)15(11-24-20)21(30)26-13-22(31)8-4-3-5-16(22)23/h2,11-12,14,16,31H,1,3-10,13H2,(H,24,25)(H,26,30)/t16-,22?/m1/s1. The summed E-state index contributed by atoms with van der Waals surface area (Å²) in [5.74, 6) is -0.274. The molecule has 2 aliphatic rings. The molecule has 9 nitrogen and oxygen atoms in total. The van der Waals surface area contributed by atoms with Crippen molar-refractivity contribution in [3.05, 3.63) is 30.6 Å². The first-order valence-corrected chi connectivity index (χ1v) is 11.0. The second-order valence-electron chi connectivity index (χ2n) is 8.45. The minimum absolute atomic E-state index is 0.0930. The van der Waals surface area contributed by atoms with Gasteiger partial charge in [-0.25, -0.2) is 14.4 Å². The van der Waals surface area contributed by atoms with Gasteiger partial charge >= 0.3 is 0 Å². The molecule has 3 N–H and O–H groups in total. The molecule has 2 aromatic rings. The fourth-order valence-electron chi connectivity index (χ4n) is 4.31. The number of hydrogen-bond donors (Lipinski definition) is 3. The number of rotatable bonds is 6. The second kappa shape index (κ2) is 9.23. The number of H-pyrrole nitrogens is 1. The van der Waals surface area contributed by atoms with Crippen LogP contribution in [-0.4, -0.2) is 74.3 Å². The number of ether oxygens (including phenoxy) is 1. The molecule has 2 atom stereocenters. The van der Waals surface area contributed by atoms with E-state index in [0.29, 0.717) is 49.9 Å². The molecule has 2 amide bonds. The SMILES string of the molecule is C=CC(=O)N1CCC(Oc2cnc3[nH]cc(C(=O)NCC4(O)CCCC[C@H]4F)c3n2)CC1. The lowest BCUT2D eigenvalue weighted by Crippen LogP contribution is -2.51. The number of aromatic nitrogens is 3. The van der Waals surface area contributed by atoms with Gasteiger partial charge in [0.15, 0.2) is 5.65 Å². The molecular weight excluding hydrogens is 417 g/mol. The second-order valence-corrected chi connectivity index (χ2v) is 8.45. The first kappa shape index (κ1) is 22.2. The highest BCUT2D eigenvalue weighted by atomic mass is 19.1. The molecule has 2 fully saturated rings. The van der Waals surface area contributed by atoms with E-state index in [9.17, 15) is 19.1 Å². The number of halogens is 1. The summed E-state index contributed by atoms with van der Waals surface area (Å²) in [5, 5.41) is 13.2. The Labute approximate surface area is 185 Å². The Bertz CT molecular complexity index is 1000. The molecular formula is C22H28FN5O4. The van der Waals surface area contributed by atoms with Crippen LogP contribution >= 0.6 is 0 Å². The van der Waals surface area contributed by atoms with E-state index in [0.717, 1.165) is 12.8 Å². The first-order valence-electron chi connectivity index (χ1n) is 11.0. The highest BCUT2D eigenvalue weighted by Crippen LogP contribution is 2.30. The quantitative estimate of drug-likeness (QED) is 0.584. The molecule has 10 heteroatoms. The number of nitrogens with one attached hydrogen (secondary N) is 2. The van der Waals surface area contributed by atoms with E-state index in [4.69, 9.17) is 4.74 Å². The van der Waals surface area contributed by atoms with Crippen LogP contribution in [0.4, 0.5) is 4.39 Å². The summed E-state index contributed by atoms with van der Waals surface area (Å²) in [5.41, 5.74) is -0.526. The lowest BCUT2D eigenvalue weighted by Gasteiger charge is -2.35. The van der Waals surface area contributed by atoms with Gasteiger partial charge in [-0.3, -0.25) is 9.59 Å². The number of aliphatic hydroxyl groups is 1. The van der Waals surface area contributed by atoms with Gasteiger partial charge in [0.2, 0.25) is 11.8 Å². The first-order chi connectivity index (χ1) is 15.4. The van der Waals surface area contributed by atoms with Gasteiger partial charge in [0.05, 0.1) is 11.8 Å². The smallest absolute Gasteiger partial charge is 0.255 e. The van der Waals surface area contributed by atoms with Crippen LogP contribution in [-0.2, 0) is 4.79 Å². The summed E-state index contributed by atoms with van der Waals surface area (Å²) in [6.45, 7) is 4.49. The van der Waals surface area contributed by atoms with Crippen LogP contribution in [0, 0.1) is 0 Å². The summed E-state index contributed by atoms with van der Waals surface area (Å²) in [7, 11) is 0. The molecule has 2 aromatic heterocycles. The van der Waals surface area contributed by atoms with Crippen LogP contribution < -0.4 is 10.1 Å². The number of carbonyl (C=O) groups excluding carboxylic acids is 2. The molecule has 3 heterocycles. The topological polar surface area (TPSA) is 120 Å². The van der Waals surface area contributed by atoms with Crippen LogP contribution in [0.2, 0.25) is 0 Å². The molecule has 1 saturated heterocycles. The van der Waals surface area contributed by atoms with E-state index in [2.05, 4.69) is 26.8 Å². The number of piperidine rings is 1. The fourth-order valence-corrected chi connectivity index (χ4v) is 4.31. The van der Waals surface area contributed by atoms with Crippen molar-refractivity contribution in [3.63, 3.8) is 0 Å². The predicted molar refractivity (Wildman–Crippen MR) is 115 cm³/mol. The van der Waals surface area contributed by atoms with Crippen molar-refractivity contribution in [2.75, 3.05) is 19.6 Å². The third-order valence-electron chi connectivity index (χ3n) is 6.27. The van der Waals surface area contributed by atoms with Crippen molar-refractivity contribution in [2.24, 2.45) is 0 Å². The third-order valence-corrected chi connectivity index (χ3v) is 6.27. The number of nitrogens with zero attached hydrogens (tertiary/aromatic N) is 3. The van der Waals surface area contributed by atoms with E-state index in [1.807, 2.05) is 0 Å². The van der Waals surface area contributed by atoms with Crippen molar-refractivity contribution < 1.29 is 23.8 Å². The minimum atomic E-state index is -1.54. The molecule has 172 valence electrons. The van der Waals surface area contributed by atoms with Crippen molar-refractivity contribution in [1.82, 2.24) is 25.2 Å². The Morgan fingerprint density at radius 2 is 2.16 bits per heavy atom. The highest BCUT2D eigenvalue weighted by Gasteiger charge is 2.39. The number of amides is 2. The molecule has 0 spiro atoms. The van der Waals surface area contributed by atoms with E-state index in [1.54, 1.807) is 4.90 Å². The Hall–Kier alpha value is -3.01. The average molecular weight is 445 g/mol. The summed E-state index contributed by atoms with van der Waals surface area (Å²) in [6, 6.07) is 0. The van der Waals surface area contributed by atoms with Gasteiger partial charge in [-0.1, -0.05) is 19.4 Å². The number of fused-ring (bicyclic) bond motifs is 1. The number of aromatic amines is 1. The molecule has 0 aromatic carbocycles. The van der Waals surface area contributed by atoms with Crippen molar-refractivity contribution >= 4 is 23.0 Å². The van der Waals surface area contributed by atoms with E-state index < -0.39 is 17.7 Å². The fraction of sp³-hybridized carbons (Fsp3) is 0.545. The normalized spacial score (nSPS) is 24.3. The zero-order valence-electron chi connectivity index (χ0n) is 17.8. The Morgan fingerprint density at radius 1 is 1.38 bits per heavy atom.